The standard InChI is InChI=1S/C26H28N2O5S/c1-18-12-19(2)14-22(13-18)28(34(3,30)31)16-20-8-10-21(11-9-20)26(29)27-15-23-17-32-24-6-4-5-7-25(24)33-23/h4-14,23H,15-17H2,1-3H3,(H,27,29). The molecule has 4 rings (SSSR count). The van der Waals surface area contributed by atoms with Crippen LogP contribution in [0.25, 0.3) is 0 Å². The van der Waals surface area contributed by atoms with Gasteiger partial charge in [0.1, 0.15) is 12.7 Å². The van der Waals surface area contributed by atoms with Crippen LogP contribution in [0.15, 0.2) is 66.7 Å². The molecule has 0 aliphatic carbocycles. The van der Waals surface area contributed by atoms with Crippen molar-refractivity contribution in [2.45, 2.75) is 26.5 Å². The summed E-state index contributed by atoms with van der Waals surface area (Å²) >= 11 is 0. The topological polar surface area (TPSA) is 84.9 Å². The Morgan fingerprint density at radius 3 is 2.29 bits per heavy atom. The summed E-state index contributed by atoms with van der Waals surface area (Å²) in [6.45, 7) is 4.72. The average Bonchev–Trinajstić information content (AvgIpc) is 2.80. The molecule has 1 aliphatic rings. The van der Waals surface area contributed by atoms with Crippen LogP contribution in [0, 0.1) is 13.8 Å². The number of hydrogen-bond acceptors (Lipinski definition) is 5. The number of ether oxygens (including phenoxy) is 2. The normalized spacial score (nSPS) is 15.0. The lowest BCUT2D eigenvalue weighted by atomic mass is 10.1. The molecule has 0 saturated carbocycles. The predicted octanol–water partition coefficient (Wildman–Crippen LogP) is 3.84. The number of para-hydroxylation sites is 2. The molecule has 1 aliphatic heterocycles. The van der Waals surface area contributed by atoms with Crippen molar-refractivity contribution < 1.29 is 22.7 Å². The molecular formula is C26H28N2O5S. The van der Waals surface area contributed by atoms with E-state index >= 15 is 0 Å². The molecule has 178 valence electrons. The van der Waals surface area contributed by atoms with Gasteiger partial charge in [-0.1, -0.05) is 30.3 Å². The van der Waals surface area contributed by atoms with Crippen molar-refractivity contribution in [1.82, 2.24) is 5.32 Å². The van der Waals surface area contributed by atoms with Crippen LogP contribution in [0.3, 0.4) is 0 Å². The number of nitrogens with zero attached hydrogens (tertiary/aromatic N) is 1. The van der Waals surface area contributed by atoms with Gasteiger partial charge in [0.25, 0.3) is 5.91 Å². The van der Waals surface area contributed by atoms with E-state index in [0.29, 0.717) is 35.9 Å². The Balaban J connectivity index is 1.39. The maximum Gasteiger partial charge on any atom is 0.251 e. The lowest BCUT2D eigenvalue weighted by Gasteiger charge is -2.26. The molecule has 0 radical (unpaired) electrons. The summed E-state index contributed by atoms with van der Waals surface area (Å²) < 4.78 is 37.9. The average molecular weight is 481 g/mol. The number of carbonyl (C=O) groups is 1. The number of nitrogens with one attached hydrogen (secondary N) is 1. The first-order valence-corrected chi connectivity index (χ1v) is 12.9. The van der Waals surface area contributed by atoms with Crippen LogP contribution in [0.2, 0.25) is 0 Å². The molecule has 3 aromatic carbocycles. The second kappa shape index (κ2) is 9.77. The molecule has 1 unspecified atom stereocenters. The fourth-order valence-electron chi connectivity index (χ4n) is 3.89. The summed E-state index contributed by atoms with van der Waals surface area (Å²) in [6, 6.07) is 20.1. The molecule has 0 saturated heterocycles. The Hall–Kier alpha value is -3.52. The third kappa shape index (κ3) is 5.69. The Morgan fingerprint density at radius 1 is 1.00 bits per heavy atom. The quantitative estimate of drug-likeness (QED) is 0.555. The van der Waals surface area contributed by atoms with Crippen LogP contribution in [-0.2, 0) is 16.6 Å². The minimum absolute atomic E-state index is 0.177. The predicted molar refractivity (Wildman–Crippen MR) is 132 cm³/mol. The van der Waals surface area contributed by atoms with Crippen molar-refractivity contribution in [3.8, 4) is 11.5 Å². The molecule has 8 heteroatoms. The molecule has 1 heterocycles. The molecule has 0 bridgehead atoms. The molecular weight excluding hydrogens is 452 g/mol. The number of sulfonamides is 1. The van der Waals surface area contributed by atoms with Crippen molar-refractivity contribution in [2.75, 3.05) is 23.7 Å². The highest BCUT2D eigenvalue weighted by Gasteiger charge is 2.22. The summed E-state index contributed by atoms with van der Waals surface area (Å²) in [7, 11) is -3.49. The van der Waals surface area contributed by atoms with E-state index in [1.54, 1.807) is 24.3 Å². The van der Waals surface area contributed by atoms with E-state index in [2.05, 4.69) is 5.32 Å². The first-order chi connectivity index (χ1) is 16.2. The number of hydrogen-bond donors (Lipinski definition) is 1. The number of aryl methyl sites for hydroxylation is 2. The van der Waals surface area contributed by atoms with E-state index in [4.69, 9.17) is 9.47 Å². The zero-order valence-corrected chi connectivity index (χ0v) is 20.3. The fourth-order valence-corrected chi connectivity index (χ4v) is 4.77. The molecule has 1 atom stereocenters. The third-order valence-corrected chi connectivity index (χ3v) is 6.64. The molecule has 0 aromatic heterocycles. The number of anilines is 1. The Bertz CT molecular complexity index is 1270. The summed E-state index contributed by atoms with van der Waals surface area (Å²) in [5.41, 5.74) is 3.87. The first-order valence-electron chi connectivity index (χ1n) is 11.0. The highest BCUT2D eigenvalue weighted by atomic mass is 32.2. The van der Waals surface area contributed by atoms with Gasteiger partial charge in [0, 0.05) is 5.56 Å². The Morgan fingerprint density at radius 2 is 1.65 bits per heavy atom. The second-order valence-electron chi connectivity index (χ2n) is 8.52. The van der Waals surface area contributed by atoms with Crippen LogP contribution in [-0.4, -0.2) is 39.8 Å². The SMILES string of the molecule is Cc1cc(C)cc(N(Cc2ccc(C(=O)NCC3COc4ccccc4O3)cc2)S(C)(=O)=O)c1. The number of carbonyl (C=O) groups excluding carboxylic acids is 1. The summed E-state index contributed by atoms with van der Waals surface area (Å²) in [5, 5.41) is 2.87. The number of amides is 1. The van der Waals surface area contributed by atoms with Crippen molar-refractivity contribution >= 4 is 21.6 Å². The molecule has 34 heavy (non-hydrogen) atoms. The van der Waals surface area contributed by atoms with E-state index in [0.717, 1.165) is 16.7 Å². The van der Waals surface area contributed by atoms with E-state index in [1.807, 2.05) is 56.3 Å². The third-order valence-electron chi connectivity index (χ3n) is 5.49. The largest absolute Gasteiger partial charge is 0.486 e. The van der Waals surface area contributed by atoms with E-state index in [1.165, 1.54) is 10.6 Å². The summed E-state index contributed by atoms with van der Waals surface area (Å²) in [6.07, 6.45) is 0.918. The number of fused-ring (bicyclic) bond motifs is 1. The van der Waals surface area contributed by atoms with Gasteiger partial charge in [0.05, 0.1) is 25.0 Å². The maximum atomic E-state index is 12.6. The van der Waals surface area contributed by atoms with Crippen LogP contribution in [0.4, 0.5) is 5.69 Å². The zero-order valence-electron chi connectivity index (χ0n) is 19.4. The van der Waals surface area contributed by atoms with E-state index in [9.17, 15) is 13.2 Å². The van der Waals surface area contributed by atoms with Gasteiger partial charge in [-0.25, -0.2) is 8.42 Å². The van der Waals surface area contributed by atoms with Crippen molar-refractivity contribution in [3.05, 3.63) is 89.0 Å². The van der Waals surface area contributed by atoms with Gasteiger partial charge >= 0.3 is 0 Å². The second-order valence-corrected chi connectivity index (χ2v) is 10.4. The fraction of sp³-hybridized carbons (Fsp3) is 0.269. The lowest BCUT2D eigenvalue weighted by Crippen LogP contribution is -2.40. The highest BCUT2D eigenvalue weighted by molar-refractivity contribution is 7.92. The first kappa shape index (κ1) is 23.6. The van der Waals surface area contributed by atoms with Gasteiger partial charge in [0.2, 0.25) is 10.0 Å². The van der Waals surface area contributed by atoms with Gasteiger partial charge in [-0.3, -0.25) is 9.10 Å². The maximum absolute atomic E-state index is 12.6. The van der Waals surface area contributed by atoms with E-state index in [-0.39, 0.29) is 18.6 Å². The smallest absolute Gasteiger partial charge is 0.251 e. The molecule has 1 amide bonds. The van der Waals surface area contributed by atoms with Gasteiger partial charge in [-0.15, -0.1) is 0 Å². The molecule has 0 fully saturated rings. The number of benzene rings is 3. The van der Waals surface area contributed by atoms with Crippen molar-refractivity contribution in [1.29, 1.82) is 0 Å². The van der Waals surface area contributed by atoms with Gasteiger partial charge in [0.15, 0.2) is 11.5 Å². The molecule has 0 spiro atoms. The molecule has 1 N–H and O–H groups in total. The zero-order chi connectivity index (χ0) is 24.3. The summed E-state index contributed by atoms with van der Waals surface area (Å²) in [4.78, 5) is 12.6. The van der Waals surface area contributed by atoms with Gasteiger partial charge < -0.3 is 14.8 Å². The number of rotatable bonds is 7. The Labute approximate surface area is 200 Å². The van der Waals surface area contributed by atoms with Gasteiger partial charge in [-0.05, 0) is 66.9 Å². The Kier molecular flexibility index (Phi) is 6.79. The molecule has 7 nitrogen and oxygen atoms in total. The minimum Gasteiger partial charge on any atom is -0.486 e. The van der Waals surface area contributed by atoms with Crippen LogP contribution < -0.4 is 19.1 Å². The van der Waals surface area contributed by atoms with Crippen molar-refractivity contribution in [2.24, 2.45) is 0 Å². The van der Waals surface area contributed by atoms with Crippen LogP contribution >= 0.6 is 0 Å². The van der Waals surface area contributed by atoms with Crippen LogP contribution in [0.1, 0.15) is 27.0 Å². The lowest BCUT2D eigenvalue weighted by molar-refractivity contribution is 0.0789. The monoisotopic (exact) mass is 480 g/mol. The summed E-state index contributed by atoms with van der Waals surface area (Å²) in [5.74, 6) is 1.13. The highest BCUT2D eigenvalue weighted by Crippen LogP contribution is 2.30. The van der Waals surface area contributed by atoms with Crippen molar-refractivity contribution in [3.63, 3.8) is 0 Å². The van der Waals surface area contributed by atoms with E-state index < -0.39 is 10.0 Å². The minimum atomic E-state index is -3.49. The van der Waals surface area contributed by atoms with Crippen LogP contribution in [0.5, 0.6) is 11.5 Å². The van der Waals surface area contributed by atoms with Gasteiger partial charge in [-0.2, -0.15) is 0 Å². The molecule has 3 aromatic rings.